The van der Waals surface area contributed by atoms with E-state index >= 15 is 0 Å². The van der Waals surface area contributed by atoms with E-state index in [0.29, 0.717) is 0 Å². The highest BCUT2D eigenvalue weighted by atomic mass is 79.9. The Bertz CT molecular complexity index is 337. The Hall–Kier alpha value is 0.330. The molecule has 0 amide bonds. The van der Waals surface area contributed by atoms with Crippen LogP contribution >= 0.6 is 43.6 Å². The zero-order valence-corrected chi connectivity index (χ0v) is 12.4. The zero-order chi connectivity index (χ0) is 10.7. The minimum absolute atomic E-state index is 0.922. The highest BCUT2D eigenvalue weighted by molar-refractivity contribution is 9.10. The van der Waals surface area contributed by atoms with Crippen molar-refractivity contribution in [2.75, 3.05) is 29.5 Å². The van der Waals surface area contributed by atoms with Crippen LogP contribution in [0.2, 0.25) is 0 Å². The Labute approximate surface area is 112 Å². The van der Waals surface area contributed by atoms with Gasteiger partial charge >= 0.3 is 0 Å². The van der Waals surface area contributed by atoms with Crippen molar-refractivity contribution < 1.29 is 0 Å². The number of hydrogen-bond acceptors (Lipinski definition) is 2. The molecule has 15 heavy (non-hydrogen) atoms. The second kappa shape index (κ2) is 5.60. The van der Waals surface area contributed by atoms with Crippen LogP contribution in [0, 0.1) is 0 Å². The van der Waals surface area contributed by atoms with Crippen LogP contribution in [0.15, 0.2) is 22.7 Å². The maximum atomic E-state index is 3.56. The summed E-state index contributed by atoms with van der Waals surface area (Å²) in [7, 11) is 0. The molecule has 0 aliphatic carbocycles. The Morgan fingerprint density at radius 3 is 2.67 bits per heavy atom. The van der Waals surface area contributed by atoms with Crippen LogP contribution < -0.4 is 4.90 Å². The van der Waals surface area contributed by atoms with Gasteiger partial charge in [0.1, 0.15) is 0 Å². The average molecular weight is 351 g/mol. The second-order valence-electron chi connectivity index (χ2n) is 3.51. The number of benzene rings is 1. The largest absolute Gasteiger partial charge is 0.370 e. The summed E-state index contributed by atoms with van der Waals surface area (Å²) in [6.45, 7) is 2.35. The number of thioether (sulfide) groups is 1. The van der Waals surface area contributed by atoms with Gasteiger partial charge in [0, 0.05) is 40.1 Å². The van der Waals surface area contributed by atoms with Gasteiger partial charge in [-0.1, -0.05) is 31.9 Å². The lowest BCUT2D eigenvalue weighted by atomic mass is 10.2. The van der Waals surface area contributed by atoms with E-state index in [-0.39, 0.29) is 0 Å². The summed E-state index contributed by atoms with van der Waals surface area (Å²) in [5.74, 6) is 2.50. The first-order valence-corrected chi connectivity index (χ1v) is 8.05. The van der Waals surface area contributed by atoms with Crippen molar-refractivity contribution >= 4 is 49.3 Å². The Kier molecular flexibility index (Phi) is 4.40. The molecule has 1 aliphatic heterocycles. The van der Waals surface area contributed by atoms with Gasteiger partial charge in [0.05, 0.1) is 0 Å². The molecule has 0 atom stereocenters. The molecule has 82 valence electrons. The Morgan fingerprint density at radius 2 is 2.00 bits per heavy atom. The van der Waals surface area contributed by atoms with Crippen molar-refractivity contribution in [3.05, 3.63) is 28.2 Å². The lowest BCUT2D eigenvalue weighted by molar-refractivity contribution is 0.854. The van der Waals surface area contributed by atoms with Gasteiger partial charge in [0.15, 0.2) is 0 Å². The number of hydrogen-bond donors (Lipinski definition) is 0. The molecule has 0 saturated carbocycles. The van der Waals surface area contributed by atoms with Crippen molar-refractivity contribution in [3.8, 4) is 0 Å². The Balaban J connectivity index is 2.25. The molecule has 1 fully saturated rings. The molecule has 4 heteroatoms. The molecule has 1 aromatic carbocycles. The van der Waals surface area contributed by atoms with E-state index in [4.69, 9.17) is 0 Å². The van der Waals surface area contributed by atoms with E-state index in [1.807, 2.05) is 11.8 Å². The quantitative estimate of drug-likeness (QED) is 0.744. The van der Waals surface area contributed by atoms with E-state index < -0.39 is 0 Å². The van der Waals surface area contributed by atoms with Crippen LogP contribution in [0.3, 0.4) is 0 Å². The fraction of sp³-hybridized carbons (Fsp3) is 0.455. The van der Waals surface area contributed by atoms with Gasteiger partial charge in [-0.25, -0.2) is 0 Å². The van der Waals surface area contributed by atoms with E-state index in [9.17, 15) is 0 Å². The molecule has 2 rings (SSSR count). The number of nitrogens with zero attached hydrogens (tertiary/aromatic N) is 1. The van der Waals surface area contributed by atoms with Gasteiger partial charge in [-0.3, -0.25) is 0 Å². The smallest absolute Gasteiger partial charge is 0.0408 e. The zero-order valence-electron chi connectivity index (χ0n) is 8.38. The van der Waals surface area contributed by atoms with Gasteiger partial charge in [0.25, 0.3) is 0 Å². The highest BCUT2D eigenvalue weighted by Gasteiger charge is 2.14. The summed E-state index contributed by atoms with van der Waals surface area (Å²) in [5.41, 5.74) is 2.76. The van der Waals surface area contributed by atoms with Crippen LogP contribution in [0.5, 0.6) is 0 Å². The number of rotatable bonds is 2. The van der Waals surface area contributed by atoms with E-state index in [1.165, 1.54) is 35.8 Å². The first-order chi connectivity index (χ1) is 7.31. The van der Waals surface area contributed by atoms with E-state index in [0.717, 1.165) is 9.80 Å². The van der Waals surface area contributed by atoms with Crippen molar-refractivity contribution in [2.24, 2.45) is 0 Å². The maximum Gasteiger partial charge on any atom is 0.0408 e. The lowest BCUT2D eigenvalue weighted by Gasteiger charge is -2.30. The van der Waals surface area contributed by atoms with E-state index in [2.05, 4.69) is 55.0 Å². The summed E-state index contributed by atoms with van der Waals surface area (Å²) in [4.78, 5) is 2.49. The van der Waals surface area contributed by atoms with Crippen molar-refractivity contribution in [1.29, 1.82) is 0 Å². The highest BCUT2D eigenvalue weighted by Crippen LogP contribution is 2.28. The first kappa shape index (κ1) is 11.8. The number of anilines is 1. The van der Waals surface area contributed by atoms with Crippen LogP contribution in [0.4, 0.5) is 5.69 Å². The van der Waals surface area contributed by atoms with Crippen LogP contribution in [0.25, 0.3) is 0 Å². The number of halogens is 2. The van der Waals surface area contributed by atoms with Gasteiger partial charge < -0.3 is 4.90 Å². The van der Waals surface area contributed by atoms with Crippen molar-refractivity contribution in [3.63, 3.8) is 0 Å². The molecule has 1 aliphatic rings. The third kappa shape index (κ3) is 2.92. The van der Waals surface area contributed by atoms with Gasteiger partial charge in [0.2, 0.25) is 0 Å². The second-order valence-corrected chi connectivity index (χ2v) is 6.21. The van der Waals surface area contributed by atoms with Crippen molar-refractivity contribution in [2.45, 2.75) is 5.33 Å². The van der Waals surface area contributed by atoms with Crippen LogP contribution in [0.1, 0.15) is 5.56 Å². The summed E-state index contributed by atoms with van der Waals surface area (Å²) < 4.78 is 1.16. The summed E-state index contributed by atoms with van der Waals surface area (Å²) in [6.07, 6.45) is 0. The fourth-order valence-electron chi connectivity index (χ4n) is 1.77. The molecule has 0 radical (unpaired) electrons. The molecule has 1 aromatic rings. The van der Waals surface area contributed by atoms with Crippen molar-refractivity contribution in [1.82, 2.24) is 0 Å². The fourth-order valence-corrected chi connectivity index (χ4v) is 3.53. The third-order valence-electron chi connectivity index (χ3n) is 2.54. The van der Waals surface area contributed by atoms with Crippen LogP contribution in [-0.4, -0.2) is 24.6 Å². The van der Waals surface area contributed by atoms with Gasteiger partial charge in [-0.05, 0) is 23.8 Å². The first-order valence-electron chi connectivity index (χ1n) is 4.98. The molecular formula is C11H13Br2NS. The molecule has 0 spiro atoms. The minimum Gasteiger partial charge on any atom is -0.370 e. The predicted octanol–water partition coefficient (Wildman–Crippen LogP) is 3.90. The standard InChI is InChI=1S/C11H13Br2NS/c12-8-9-7-10(13)1-2-11(9)14-3-5-15-6-4-14/h1-2,7H,3-6,8H2. The predicted molar refractivity (Wildman–Crippen MR) is 76.3 cm³/mol. The third-order valence-corrected chi connectivity index (χ3v) is 4.58. The summed E-state index contributed by atoms with van der Waals surface area (Å²) >= 11 is 9.12. The molecule has 0 N–H and O–H groups in total. The van der Waals surface area contributed by atoms with E-state index in [1.54, 1.807) is 0 Å². The average Bonchev–Trinajstić information content (AvgIpc) is 2.30. The monoisotopic (exact) mass is 349 g/mol. The number of alkyl halides is 1. The SMILES string of the molecule is BrCc1cc(Br)ccc1N1CCSCC1. The Morgan fingerprint density at radius 1 is 1.27 bits per heavy atom. The summed E-state index contributed by atoms with van der Waals surface area (Å²) in [6, 6.07) is 6.55. The minimum atomic E-state index is 0.922. The molecule has 1 nitrogen and oxygen atoms in total. The van der Waals surface area contributed by atoms with Crippen LogP contribution in [-0.2, 0) is 5.33 Å². The van der Waals surface area contributed by atoms with Gasteiger partial charge in [-0.2, -0.15) is 11.8 Å². The van der Waals surface area contributed by atoms with Gasteiger partial charge in [-0.15, -0.1) is 0 Å². The molecule has 0 bridgehead atoms. The maximum absolute atomic E-state index is 3.56. The topological polar surface area (TPSA) is 3.24 Å². The molecule has 1 heterocycles. The normalized spacial score (nSPS) is 16.8. The lowest BCUT2D eigenvalue weighted by Crippen LogP contribution is -2.33. The molecule has 0 unspecified atom stereocenters. The molecule has 0 aromatic heterocycles. The molecule has 1 saturated heterocycles. The summed E-state index contributed by atoms with van der Waals surface area (Å²) in [5, 5.41) is 0.922. The molecular weight excluding hydrogens is 338 g/mol.